The third kappa shape index (κ3) is 3.83. The Hall–Kier alpha value is -2.18. The first kappa shape index (κ1) is 20.1. The quantitative estimate of drug-likeness (QED) is 0.819. The van der Waals surface area contributed by atoms with E-state index in [1.54, 1.807) is 0 Å². The Morgan fingerprint density at radius 3 is 2.55 bits per heavy atom. The molecule has 2 aliphatic heterocycles. The fourth-order valence-corrected chi connectivity index (χ4v) is 5.36. The SMILES string of the molecule is CC[C@@H](C)N1C(=O)[C@@H](Cc2ccccc2)NC12CCN(C(=O)c1cccs1)CC2. The van der Waals surface area contributed by atoms with E-state index in [1.807, 2.05) is 40.6 Å². The van der Waals surface area contributed by atoms with Crippen molar-refractivity contribution < 1.29 is 9.59 Å². The molecular weight excluding hydrogens is 382 g/mol. The lowest BCUT2D eigenvalue weighted by molar-refractivity contribution is -0.136. The molecule has 1 N–H and O–H groups in total. The predicted octanol–water partition coefficient (Wildman–Crippen LogP) is 3.52. The summed E-state index contributed by atoms with van der Waals surface area (Å²) >= 11 is 1.49. The van der Waals surface area contributed by atoms with Crippen molar-refractivity contribution in [3.05, 3.63) is 58.3 Å². The average Bonchev–Trinajstić information content (AvgIpc) is 3.36. The van der Waals surface area contributed by atoms with Crippen LogP contribution in [0.4, 0.5) is 0 Å². The molecule has 0 radical (unpaired) electrons. The molecule has 6 heteroatoms. The van der Waals surface area contributed by atoms with Crippen LogP contribution in [0.2, 0.25) is 0 Å². The molecule has 2 saturated heterocycles. The first-order valence-electron chi connectivity index (χ1n) is 10.5. The number of hydrogen-bond acceptors (Lipinski definition) is 4. The van der Waals surface area contributed by atoms with Gasteiger partial charge in [-0.1, -0.05) is 43.3 Å². The Labute approximate surface area is 176 Å². The van der Waals surface area contributed by atoms with Crippen molar-refractivity contribution in [2.24, 2.45) is 0 Å². The van der Waals surface area contributed by atoms with Crippen molar-refractivity contribution in [3.63, 3.8) is 0 Å². The molecule has 2 aliphatic rings. The normalized spacial score (nSPS) is 22.3. The number of thiophene rings is 1. The van der Waals surface area contributed by atoms with E-state index in [0.29, 0.717) is 19.5 Å². The van der Waals surface area contributed by atoms with Crippen LogP contribution in [0.1, 0.15) is 48.3 Å². The molecule has 3 heterocycles. The Balaban J connectivity index is 1.51. The van der Waals surface area contributed by atoms with Crippen LogP contribution in [-0.2, 0) is 11.2 Å². The number of likely N-dealkylation sites (tertiary alicyclic amines) is 1. The van der Waals surface area contributed by atoms with E-state index in [1.165, 1.54) is 16.9 Å². The maximum atomic E-state index is 13.4. The van der Waals surface area contributed by atoms with Crippen molar-refractivity contribution in [1.29, 1.82) is 0 Å². The first-order valence-corrected chi connectivity index (χ1v) is 11.4. The predicted molar refractivity (Wildman–Crippen MR) is 116 cm³/mol. The van der Waals surface area contributed by atoms with Gasteiger partial charge in [-0.2, -0.15) is 0 Å². The largest absolute Gasteiger partial charge is 0.338 e. The smallest absolute Gasteiger partial charge is 0.263 e. The summed E-state index contributed by atoms with van der Waals surface area (Å²) in [4.78, 5) is 30.9. The summed E-state index contributed by atoms with van der Waals surface area (Å²) in [6, 6.07) is 14.0. The van der Waals surface area contributed by atoms with Gasteiger partial charge >= 0.3 is 0 Å². The Bertz CT molecular complexity index is 844. The minimum Gasteiger partial charge on any atom is -0.338 e. The van der Waals surface area contributed by atoms with E-state index in [9.17, 15) is 9.59 Å². The van der Waals surface area contributed by atoms with Gasteiger partial charge in [0.25, 0.3) is 5.91 Å². The van der Waals surface area contributed by atoms with Gasteiger partial charge in [-0.15, -0.1) is 11.3 Å². The molecule has 1 aromatic carbocycles. The number of carbonyl (C=O) groups is 2. The highest BCUT2D eigenvalue weighted by atomic mass is 32.1. The summed E-state index contributed by atoms with van der Waals surface area (Å²) in [6.07, 6.45) is 3.16. The van der Waals surface area contributed by atoms with Gasteiger partial charge in [0.2, 0.25) is 5.91 Å². The molecule has 29 heavy (non-hydrogen) atoms. The second-order valence-electron chi connectivity index (χ2n) is 8.15. The molecule has 0 unspecified atom stereocenters. The molecule has 1 aromatic heterocycles. The molecule has 2 fully saturated rings. The molecule has 4 rings (SSSR count). The summed E-state index contributed by atoms with van der Waals surface area (Å²) in [7, 11) is 0. The lowest BCUT2D eigenvalue weighted by Crippen LogP contribution is -2.61. The Morgan fingerprint density at radius 1 is 1.21 bits per heavy atom. The van der Waals surface area contributed by atoms with Crippen LogP contribution in [0.5, 0.6) is 0 Å². The number of carbonyl (C=O) groups excluding carboxylic acids is 2. The van der Waals surface area contributed by atoms with E-state index in [-0.39, 0.29) is 29.6 Å². The maximum absolute atomic E-state index is 13.4. The first-order chi connectivity index (χ1) is 14.0. The van der Waals surface area contributed by atoms with Crippen molar-refractivity contribution >= 4 is 23.2 Å². The summed E-state index contributed by atoms with van der Waals surface area (Å²) < 4.78 is 0. The third-order valence-corrected chi connectivity index (χ3v) is 7.22. The highest BCUT2D eigenvalue weighted by molar-refractivity contribution is 7.12. The zero-order valence-corrected chi connectivity index (χ0v) is 18.0. The fourth-order valence-electron chi connectivity index (χ4n) is 4.67. The van der Waals surface area contributed by atoms with Crippen LogP contribution in [0.3, 0.4) is 0 Å². The molecule has 0 saturated carbocycles. The van der Waals surface area contributed by atoms with E-state index in [4.69, 9.17) is 0 Å². The Kier molecular flexibility index (Phi) is 5.74. The molecule has 0 aliphatic carbocycles. The fraction of sp³-hybridized carbons (Fsp3) is 0.478. The van der Waals surface area contributed by atoms with Gasteiger partial charge in [-0.25, -0.2) is 0 Å². The number of piperidine rings is 1. The maximum Gasteiger partial charge on any atom is 0.263 e. The van der Waals surface area contributed by atoms with Gasteiger partial charge < -0.3 is 9.80 Å². The number of nitrogens with one attached hydrogen (secondary N) is 1. The molecular formula is C23H29N3O2S. The topological polar surface area (TPSA) is 52.7 Å². The van der Waals surface area contributed by atoms with Crippen LogP contribution in [-0.4, -0.2) is 52.5 Å². The number of hydrogen-bond donors (Lipinski definition) is 1. The van der Waals surface area contributed by atoms with Crippen LogP contribution in [0.15, 0.2) is 47.8 Å². The lowest BCUT2D eigenvalue weighted by atomic mass is 9.94. The van der Waals surface area contributed by atoms with Crippen molar-refractivity contribution in [2.45, 2.75) is 57.3 Å². The van der Waals surface area contributed by atoms with E-state index in [2.05, 4.69) is 36.2 Å². The number of rotatable bonds is 5. The van der Waals surface area contributed by atoms with E-state index >= 15 is 0 Å². The third-order valence-electron chi connectivity index (χ3n) is 6.36. The summed E-state index contributed by atoms with van der Waals surface area (Å²) in [5.74, 6) is 0.302. The highest BCUT2D eigenvalue weighted by Gasteiger charge is 2.53. The van der Waals surface area contributed by atoms with E-state index in [0.717, 1.165) is 24.1 Å². The Morgan fingerprint density at radius 2 is 1.93 bits per heavy atom. The van der Waals surface area contributed by atoms with Crippen LogP contribution in [0.25, 0.3) is 0 Å². The van der Waals surface area contributed by atoms with E-state index < -0.39 is 0 Å². The van der Waals surface area contributed by atoms with Crippen molar-refractivity contribution in [2.75, 3.05) is 13.1 Å². The summed E-state index contributed by atoms with van der Waals surface area (Å²) in [5, 5.41) is 5.64. The highest BCUT2D eigenvalue weighted by Crippen LogP contribution is 2.36. The van der Waals surface area contributed by atoms with Gasteiger partial charge in [-0.05, 0) is 36.8 Å². The molecule has 1 spiro atoms. The monoisotopic (exact) mass is 411 g/mol. The second kappa shape index (κ2) is 8.28. The van der Waals surface area contributed by atoms with Gasteiger partial charge in [-0.3, -0.25) is 14.9 Å². The van der Waals surface area contributed by atoms with Gasteiger partial charge in [0.15, 0.2) is 0 Å². The van der Waals surface area contributed by atoms with Crippen LogP contribution in [0, 0.1) is 0 Å². The minimum absolute atomic E-state index is 0.107. The molecule has 2 amide bonds. The summed E-state index contributed by atoms with van der Waals surface area (Å²) in [6.45, 7) is 5.60. The zero-order valence-electron chi connectivity index (χ0n) is 17.1. The average molecular weight is 412 g/mol. The molecule has 2 atom stereocenters. The van der Waals surface area contributed by atoms with Crippen molar-refractivity contribution in [1.82, 2.24) is 15.1 Å². The number of amides is 2. The second-order valence-corrected chi connectivity index (χ2v) is 9.10. The molecule has 2 aromatic rings. The molecule has 0 bridgehead atoms. The van der Waals surface area contributed by atoms with Gasteiger partial charge in [0.1, 0.15) is 0 Å². The van der Waals surface area contributed by atoms with Crippen LogP contribution < -0.4 is 5.32 Å². The van der Waals surface area contributed by atoms with Gasteiger partial charge in [0, 0.05) is 32.0 Å². The zero-order chi connectivity index (χ0) is 20.4. The number of benzene rings is 1. The van der Waals surface area contributed by atoms with Crippen molar-refractivity contribution in [3.8, 4) is 0 Å². The lowest BCUT2D eigenvalue weighted by Gasteiger charge is -2.46. The standard InChI is InChI=1S/C23H29N3O2S/c1-3-17(2)26-21(27)19(16-18-8-5-4-6-9-18)24-23(26)11-13-25(14-12-23)22(28)20-10-7-15-29-20/h4-10,15,17,19,24H,3,11-14,16H2,1-2H3/t17-,19-/m1/s1. The molecule has 5 nitrogen and oxygen atoms in total. The van der Waals surface area contributed by atoms with Gasteiger partial charge in [0.05, 0.1) is 16.6 Å². The van der Waals surface area contributed by atoms with Crippen LogP contribution >= 0.6 is 11.3 Å². The number of nitrogens with zero attached hydrogens (tertiary/aromatic N) is 2. The molecule has 154 valence electrons. The summed E-state index contributed by atoms with van der Waals surface area (Å²) in [5.41, 5.74) is 0.822. The minimum atomic E-state index is -0.349.